The number of benzene rings is 2. The van der Waals surface area contributed by atoms with E-state index < -0.39 is 5.37 Å². The molecule has 0 saturated carbocycles. The van der Waals surface area contributed by atoms with Gasteiger partial charge in [0.1, 0.15) is 0 Å². The largest absolute Gasteiger partial charge is 0.365 e. The summed E-state index contributed by atoms with van der Waals surface area (Å²) in [5.41, 5.74) is 4.02. The zero-order chi connectivity index (χ0) is 17.3. The van der Waals surface area contributed by atoms with Crippen molar-refractivity contribution in [2.24, 2.45) is 0 Å². The Kier molecular flexibility index (Phi) is 4.96. The van der Waals surface area contributed by atoms with Crippen molar-refractivity contribution in [3.8, 4) is 0 Å². The molecule has 1 saturated heterocycles. The molecule has 1 fully saturated rings. The second-order valence-electron chi connectivity index (χ2n) is 5.78. The topological polar surface area (TPSA) is 49.4 Å². The van der Waals surface area contributed by atoms with Crippen LogP contribution < -0.4 is 5.32 Å². The molecule has 1 aliphatic rings. The smallest absolute Gasteiger partial charge is 0.291 e. The van der Waals surface area contributed by atoms with E-state index in [-0.39, 0.29) is 11.1 Å². The molecule has 24 heavy (non-hydrogen) atoms. The third-order valence-corrected chi connectivity index (χ3v) is 5.36. The lowest BCUT2D eigenvalue weighted by Gasteiger charge is -2.16. The fraction of sp³-hybridized carbons (Fsp3) is 0.222. The third kappa shape index (κ3) is 3.65. The predicted octanol–water partition coefficient (Wildman–Crippen LogP) is 4.70. The van der Waals surface area contributed by atoms with Gasteiger partial charge in [0.15, 0.2) is 5.37 Å². The molecule has 1 atom stereocenters. The van der Waals surface area contributed by atoms with Crippen molar-refractivity contribution >= 4 is 44.5 Å². The Hall–Kier alpha value is -1.79. The summed E-state index contributed by atoms with van der Waals surface area (Å²) in [5.74, 6) is -0.201. The van der Waals surface area contributed by atoms with E-state index in [1.54, 1.807) is 0 Å². The van der Waals surface area contributed by atoms with Gasteiger partial charge in [-0.15, -0.1) is 0 Å². The molecule has 124 valence electrons. The van der Waals surface area contributed by atoms with Crippen molar-refractivity contribution < 1.29 is 9.59 Å². The van der Waals surface area contributed by atoms with Gasteiger partial charge in [-0.25, -0.2) is 0 Å². The first-order valence-corrected chi connectivity index (χ1v) is 9.21. The summed E-state index contributed by atoms with van der Waals surface area (Å²) in [5, 5.41) is 2.39. The first-order valence-electron chi connectivity index (χ1n) is 7.54. The molecule has 1 unspecified atom stereocenters. The van der Waals surface area contributed by atoms with Crippen LogP contribution in [0.3, 0.4) is 0 Å². The summed E-state index contributed by atoms with van der Waals surface area (Å²) in [7, 11) is 0. The average molecular weight is 405 g/mol. The minimum atomic E-state index is -0.575. The van der Waals surface area contributed by atoms with Gasteiger partial charge in [0.05, 0.1) is 6.54 Å². The highest BCUT2D eigenvalue weighted by atomic mass is 79.9. The average Bonchev–Trinajstić information content (AvgIpc) is 2.80. The molecule has 0 aliphatic carbocycles. The normalized spacial score (nSPS) is 17.5. The summed E-state index contributed by atoms with van der Waals surface area (Å²) in [6.07, 6.45) is 0. The van der Waals surface area contributed by atoms with Crippen LogP contribution in [0.1, 0.15) is 16.7 Å². The predicted molar refractivity (Wildman–Crippen MR) is 101 cm³/mol. The second kappa shape index (κ2) is 6.99. The Morgan fingerprint density at radius 1 is 1.12 bits per heavy atom. The molecular weight excluding hydrogens is 388 g/mol. The number of thioether (sulfide) groups is 1. The van der Waals surface area contributed by atoms with Crippen LogP contribution in [-0.2, 0) is 11.3 Å². The van der Waals surface area contributed by atoms with E-state index in [0.717, 1.165) is 38.6 Å². The van der Waals surface area contributed by atoms with Crippen molar-refractivity contribution in [3.05, 3.63) is 63.6 Å². The maximum absolute atomic E-state index is 12.6. The fourth-order valence-corrected chi connectivity index (χ4v) is 3.73. The first-order chi connectivity index (χ1) is 11.4. The lowest BCUT2D eigenvalue weighted by molar-refractivity contribution is -0.126. The van der Waals surface area contributed by atoms with Gasteiger partial charge >= 0.3 is 0 Å². The Balaban J connectivity index is 1.72. The van der Waals surface area contributed by atoms with Crippen molar-refractivity contribution in [1.29, 1.82) is 0 Å². The van der Waals surface area contributed by atoms with Gasteiger partial charge in [0.25, 0.3) is 11.1 Å². The fourth-order valence-electron chi connectivity index (χ4n) is 2.57. The van der Waals surface area contributed by atoms with E-state index >= 15 is 0 Å². The van der Waals surface area contributed by atoms with E-state index in [2.05, 4.69) is 21.2 Å². The Labute approximate surface area is 153 Å². The summed E-state index contributed by atoms with van der Waals surface area (Å²) in [6.45, 7) is 4.31. The van der Waals surface area contributed by atoms with Gasteiger partial charge in [-0.3, -0.25) is 14.5 Å². The maximum Gasteiger partial charge on any atom is 0.291 e. The highest BCUT2D eigenvalue weighted by Gasteiger charge is 2.39. The standard InChI is InChI=1S/C18H17BrN2O2S/c1-11-3-8-15(12(2)9-11)20-16-17(22)21(18(23)24-16)10-13-4-6-14(19)7-5-13/h3-9,16,20H,10H2,1-2H3. The van der Waals surface area contributed by atoms with Crippen molar-refractivity contribution in [1.82, 2.24) is 4.90 Å². The van der Waals surface area contributed by atoms with E-state index in [4.69, 9.17) is 0 Å². The van der Waals surface area contributed by atoms with E-state index in [0.29, 0.717) is 6.54 Å². The minimum Gasteiger partial charge on any atom is -0.365 e. The molecular formula is C18H17BrN2O2S. The number of aryl methyl sites for hydroxylation is 2. The SMILES string of the molecule is Cc1ccc(NC2SC(=O)N(Cc3ccc(Br)cc3)C2=O)c(C)c1. The van der Waals surface area contributed by atoms with Crippen LogP contribution >= 0.6 is 27.7 Å². The molecule has 0 bridgehead atoms. The third-order valence-electron chi connectivity index (χ3n) is 3.85. The van der Waals surface area contributed by atoms with Gasteiger partial charge < -0.3 is 5.32 Å². The summed E-state index contributed by atoms with van der Waals surface area (Å²) >= 11 is 4.41. The molecule has 0 radical (unpaired) electrons. The van der Waals surface area contributed by atoms with E-state index in [1.165, 1.54) is 4.90 Å². The zero-order valence-electron chi connectivity index (χ0n) is 13.4. The number of imide groups is 1. The number of nitrogens with one attached hydrogen (secondary N) is 1. The molecule has 3 rings (SSSR count). The first kappa shape index (κ1) is 17.0. The van der Waals surface area contributed by atoms with E-state index in [1.807, 2.05) is 56.3 Å². The summed E-state index contributed by atoms with van der Waals surface area (Å²) < 4.78 is 0.967. The molecule has 1 N–H and O–H groups in total. The summed E-state index contributed by atoms with van der Waals surface area (Å²) in [6, 6.07) is 13.6. The van der Waals surface area contributed by atoms with Crippen LogP contribution in [0.2, 0.25) is 0 Å². The van der Waals surface area contributed by atoms with Crippen LogP contribution in [0.5, 0.6) is 0 Å². The van der Waals surface area contributed by atoms with Crippen LogP contribution in [0.4, 0.5) is 10.5 Å². The molecule has 1 heterocycles. The highest BCUT2D eigenvalue weighted by molar-refractivity contribution is 9.10. The number of nitrogens with zero attached hydrogens (tertiary/aromatic N) is 1. The van der Waals surface area contributed by atoms with Crippen LogP contribution in [0, 0.1) is 13.8 Å². The number of anilines is 1. The number of carbonyl (C=O) groups is 2. The second-order valence-corrected chi connectivity index (χ2v) is 7.75. The lowest BCUT2D eigenvalue weighted by atomic mass is 10.1. The molecule has 1 aliphatic heterocycles. The minimum absolute atomic E-state index is 0.201. The molecule has 2 aromatic rings. The van der Waals surface area contributed by atoms with Crippen LogP contribution in [0.25, 0.3) is 0 Å². The number of rotatable bonds is 4. The quantitative estimate of drug-likeness (QED) is 0.801. The number of carbonyl (C=O) groups excluding carboxylic acids is 2. The van der Waals surface area contributed by atoms with Crippen molar-refractivity contribution in [2.45, 2.75) is 25.8 Å². The zero-order valence-corrected chi connectivity index (χ0v) is 15.8. The Morgan fingerprint density at radius 3 is 2.50 bits per heavy atom. The lowest BCUT2D eigenvalue weighted by Crippen LogP contribution is -2.34. The molecule has 0 aromatic heterocycles. The van der Waals surface area contributed by atoms with Crippen molar-refractivity contribution in [2.75, 3.05) is 5.32 Å². The maximum atomic E-state index is 12.6. The number of hydrogen-bond acceptors (Lipinski definition) is 4. The monoisotopic (exact) mass is 404 g/mol. The molecule has 0 spiro atoms. The Morgan fingerprint density at radius 2 is 1.83 bits per heavy atom. The Bertz CT molecular complexity index is 792. The van der Waals surface area contributed by atoms with Crippen LogP contribution in [-0.4, -0.2) is 21.4 Å². The van der Waals surface area contributed by atoms with Crippen LogP contribution in [0.15, 0.2) is 46.9 Å². The number of hydrogen-bond donors (Lipinski definition) is 1. The van der Waals surface area contributed by atoms with Gasteiger partial charge in [-0.2, -0.15) is 0 Å². The van der Waals surface area contributed by atoms with Gasteiger partial charge in [-0.1, -0.05) is 45.8 Å². The molecule has 6 heteroatoms. The van der Waals surface area contributed by atoms with Gasteiger partial charge in [0, 0.05) is 10.2 Å². The van der Waals surface area contributed by atoms with Gasteiger partial charge in [-0.05, 0) is 54.9 Å². The molecule has 2 amide bonds. The summed E-state index contributed by atoms with van der Waals surface area (Å²) in [4.78, 5) is 26.1. The number of halogens is 1. The number of amides is 2. The van der Waals surface area contributed by atoms with Crippen molar-refractivity contribution in [3.63, 3.8) is 0 Å². The van der Waals surface area contributed by atoms with Gasteiger partial charge in [0.2, 0.25) is 0 Å². The highest BCUT2D eigenvalue weighted by Crippen LogP contribution is 2.30. The van der Waals surface area contributed by atoms with E-state index in [9.17, 15) is 9.59 Å². The molecule has 2 aromatic carbocycles. The molecule has 4 nitrogen and oxygen atoms in total.